The zero-order chi connectivity index (χ0) is 6.57. The maximum Gasteiger partial charge on any atom is 0.499 e. The minimum absolute atomic E-state index is 0.195. The molecule has 0 N–H and O–H groups in total. The molecule has 2 nitrogen and oxygen atoms in total. The van der Waals surface area contributed by atoms with Crippen LogP contribution in [0.15, 0.2) is 11.6 Å². The molecule has 44 valence electrons. The molecule has 0 aromatic rings. The summed E-state index contributed by atoms with van der Waals surface area (Å²) in [5, 5.41) is 0. The molecule has 0 aromatic heterocycles. The molecule has 0 aliphatic heterocycles. The smallest absolute Gasteiger partial charge is 0.499 e. The van der Waals surface area contributed by atoms with Gasteiger partial charge in [0, 0.05) is 5.57 Å². The second-order valence-electron chi connectivity index (χ2n) is 1.46. The van der Waals surface area contributed by atoms with Gasteiger partial charge in [-0.05, 0) is 13.8 Å². The van der Waals surface area contributed by atoms with E-state index in [1.807, 2.05) is 6.92 Å². The van der Waals surface area contributed by atoms with Crippen molar-refractivity contribution in [3.8, 4) is 0 Å². The fourth-order valence-corrected chi connectivity index (χ4v) is 0.601. The second kappa shape index (κ2) is 3.71. The van der Waals surface area contributed by atoms with E-state index in [4.69, 9.17) is 0 Å². The highest BCUT2D eigenvalue weighted by Gasteiger charge is 1.96. The van der Waals surface area contributed by atoms with Gasteiger partial charge in [-0.2, -0.15) is 0 Å². The standard InChI is InChI=1S/C5H8O2.Al.2H/c1-3-4(2)5(6)7;;;/h3H,1-2H3,(H,6,7);;;/q;+1;;/p-1. The molecule has 0 bridgehead atoms. The van der Waals surface area contributed by atoms with Crippen LogP contribution in [-0.4, -0.2) is 22.6 Å². The summed E-state index contributed by atoms with van der Waals surface area (Å²) >= 11 is 0.485. The lowest BCUT2D eigenvalue weighted by Crippen LogP contribution is -2.01. The molecule has 3 heteroatoms. The summed E-state index contributed by atoms with van der Waals surface area (Å²) in [6.45, 7) is 3.55. The first-order valence-corrected chi connectivity index (χ1v) is 3.25. The van der Waals surface area contributed by atoms with Crippen molar-refractivity contribution in [2.24, 2.45) is 0 Å². The van der Waals surface area contributed by atoms with Gasteiger partial charge in [0.25, 0.3) is 5.97 Å². The lowest BCUT2D eigenvalue weighted by Gasteiger charge is -1.96. The average molecular weight is 128 g/mol. The van der Waals surface area contributed by atoms with E-state index in [-0.39, 0.29) is 5.97 Å². The van der Waals surface area contributed by atoms with E-state index < -0.39 is 0 Å². The summed E-state index contributed by atoms with van der Waals surface area (Å²) in [4.78, 5) is 10.5. The molecule has 0 spiro atoms. The van der Waals surface area contributed by atoms with E-state index in [0.717, 1.165) is 0 Å². The molecular formula is C5H9AlO2. The first-order chi connectivity index (χ1) is 3.72. The van der Waals surface area contributed by atoms with Crippen LogP contribution in [-0.2, 0) is 8.58 Å². The highest BCUT2D eigenvalue weighted by Crippen LogP contribution is 1.91. The number of carbonyl (C=O) groups excluding carboxylic acids is 1. The summed E-state index contributed by atoms with van der Waals surface area (Å²) in [5.74, 6) is -0.195. The van der Waals surface area contributed by atoms with E-state index in [1.165, 1.54) is 0 Å². The van der Waals surface area contributed by atoms with Gasteiger partial charge in [-0.25, -0.2) is 0 Å². The predicted octanol–water partition coefficient (Wildman–Crippen LogP) is 0.0439. The Morgan fingerprint density at radius 1 is 1.75 bits per heavy atom. The number of hydrogen-bond acceptors (Lipinski definition) is 2. The fourth-order valence-electron chi connectivity index (χ4n) is 0.279. The van der Waals surface area contributed by atoms with E-state index in [0.29, 0.717) is 22.2 Å². The van der Waals surface area contributed by atoms with Crippen molar-refractivity contribution in [3.63, 3.8) is 0 Å². The number of allylic oxidation sites excluding steroid dienone is 1. The largest absolute Gasteiger partial charge is 0.618 e. The average Bonchev–Trinajstić information content (AvgIpc) is 1.84. The molecule has 0 heterocycles. The zero-order valence-corrected chi connectivity index (χ0v) is 7.39. The molecule has 0 aliphatic rings. The Bertz CT molecular complexity index is 118. The van der Waals surface area contributed by atoms with Crippen molar-refractivity contribution in [3.05, 3.63) is 11.6 Å². The molecule has 0 amide bonds. The van der Waals surface area contributed by atoms with Crippen LogP contribution in [0.25, 0.3) is 0 Å². The molecule has 0 saturated heterocycles. The van der Waals surface area contributed by atoms with Crippen LogP contribution >= 0.6 is 0 Å². The lowest BCUT2D eigenvalue weighted by molar-refractivity contribution is -0.129. The molecular weight excluding hydrogens is 119 g/mol. The van der Waals surface area contributed by atoms with Crippen LogP contribution in [0.4, 0.5) is 0 Å². The van der Waals surface area contributed by atoms with Gasteiger partial charge in [-0.3, -0.25) is 4.79 Å². The van der Waals surface area contributed by atoms with Crippen LogP contribution in [0.5, 0.6) is 0 Å². The Labute approximate surface area is 57.3 Å². The van der Waals surface area contributed by atoms with E-state index in [1.54, 1.807) is 13.0 Å². The maximum absolute atomic E-state index is 10.5. The molecule has 0 fully saturated rings. The van der Waals surface area contributed by atoms with Crippen molar-refractivity contribution in [1.82, 2.24) is 0 Å². The molecule has 0 radical (unpaired) electrons. The van der Waals surface area contributed by atoms with Crippen molar-refractivity contribution in [1.29, 1.82) is 0 Å². The van der Waals surface area contributed by atoms with Crippen LogP contribution in [0.1, 0.15) is 13.8 Å². The summed E-state index contributed by atoms with van der Waals surface area (Å²) < 4.78 is 4.53. The molecule has 0 atom stereocenters. The fraction of sp³-hybridized carbons (Fsp3) is 0.400. The Balaban J connectivity index is 3.83. The van der Waals surface area contributed by atoms with E-state index in [2.05, 4.69) is 3.79 Å². The van der Waals surface area contributed by atoms with Gasteiger partial charge in [0.05, 0.1) is 0 Å². The van der Waals surface area contributed by atoms with Crippen molar-refractivity contribution in [2.75, 3.05) is 0 Å². The van der Waals surface area contributed by atoms with Crippen LogP contribution in [0, 0.1) is 0 Å². The minimum atomic E-state index is -0.195. The normalized spacial score (nSPS) is 11.0. The number of rotatable bonds is 1. The van der Waals surface area contributed by atoms with Gasteiger partial charge in [0.2, 0.25) is 0 Å². The molecule has 0 rings (SSSR count). The van der Waals surface area contributed by atoms with Crippen LogP contribution < -0.4 is 0 Å². The summed E-state index contributed by atoms with van der Waals surface area (Å²) in [6.07, 6.45) is 1.74. The van der Waals surface area contributed by atoms with Gasteiger partial charge < -0.3 is 3.79 Å². The highest BCUT2D eigenvalue weighted by atomic mass is 27.1. The first-order valence-electron chi connectivity index (χ1n) is 2.43. The van der Waals surface area contributed by atoms with Gasteiger partial charge in [0.1, 0.15) is 0 Å². The molecule has 0 saturated carbocycles. The monoisotopic (exact) mass is 128 g/mol. The SMILES string of the molecule is CC=C(C)C(=O)[O][AlH2]. The zero-order valence-electron chi connectivity index (χ0n) is 5.39. The predicted molar refractivity (Wildman–Crippen MR) is 34.1 cm³/mol. The third kappa shape index (κ3) is 2.15. The Kier molecular flexibility index (Phi) is 3.59. The van der Waals surface area contributed by atoms with Gasteiger partial charge in [-0.15, -0.1) is 0 Å². The van der Waals surface area contributed by atoms with Crippen LogP contribution in [0.2, 0.25) is 0 Å². The molecule has 0 unspecified atom stereocenters. The lowest BCUT2D eigenvalue weighted by atomic mass is 10.3. The summed E-state index contributed by atoms with van der Waals surface area (Å²) in [6, 6.07) is 0. The van der Waals surface area contributed by atoms with Crippen LogP contribution in [0.3, 0.4) is 0 Å². The Morgan fingerprint density at radius 2 is 2.25 bits per heavy atom. The van der Waals surface area contributed by atoms with Gasteiger partial charge >= 0.3 is 16.6 Å². The van der Waals surface area contributed by atoms with E-state index in [9.17, 15) is 4.79 Å². The van der Waals surface area contributed by atoms with Crippen molar-refractivity contribution >= 4 is 22.6 Å². The highest BCUT2D eigenvalue weighted by molar-refractivity contribution is 6.08. The second-order valence-corrected chi connectivity index (χ2v) is 1.87. The number of hydrogen-bond donors (Lipinski definition) is 0. The van der Waals surface area contributed by atoms with Crippen molar-refractivity contribution < 1.29 is 8.58 Å². The molecule has 0 aliphatic carbocycles. The first kappa shape index (κ1) is 7.74. The molecule has 0 aromatic carbocycles. The van der Waals surface area contributed by atoms with Gasteiger partial charge in [-0.1, -0.05) is 6.08 Å². The van der Waals surface area contributed by atoms with Crippen molar-refractivity contribution in [2.45, 2.75) is 13.8 Å². The minimum Gasteiger partial charge on any atom is -0.618 e. The quantitative estimate of drug-likeness (QED) is 0.368. The van der Waals surface area contributed by atoms with E-state index >= 15 is 0 Å². The topological polar surface area (TPSA) is 26.3 Å². The Hall–Kier alpha value is -0.258. The Morgan fingerprint density at radius 3 is 2.38 bits per heavy atom. The third-order valence-electron chi connectivity index (χ3n) is 0.940. The summed E-state index contributed by atoms with van der Waals surface area (Å²) in [5.41, 5.74) is 0.681. The number of carbonyl (C=O) groups is 1. The molecule has 8 heavy (non-hydrogen) atoms. The summed E-state index contributed by atoms with van der Waals surface area (Å²) in [7, 11) is 0. The maximum atomic E-state index is 10.5. The van der Waals surface area contributed by atoms with Gasteiger partial charge in [0.15, 0.2) is 0 Å². The third-order valence-corrected chi connectivity index (χ3v) is 1.31.